The summed E-state index contributed by atoms with van der Waals surface area (Å²) < 4.78 is 3.39. The van der Waals surface area contributed by atoms with Crippen molar-refractivity contribution in [2.45, 2.75) is 51.5 Å². The normalized spacial score (nSPS) is 15.8. The largest absolute Gasteiger partial charge is 0.351 e. The van der Waals surface area contributed by atoms with Crippen molar-refractivity contribution in [3.05, 3.63) is 81.8 Å². The third-order valence-electron chi connectivity index (χ3n) is 8.35. The summed E-state index contributed by atoms with van der Waals surface area (Å²) in [7, 11) is 1.91. The summed E-state index contributed by atoms with van der Waals surface area (Å²) >= 11 is 0. The Morgan fingerprint density at radius 3 is 2.63 bits per heavy atom. The van der Waals surface area contributed by atoms with E-state index in [0.717, 1.165) is 71.8 Å². The molecule has 0 amide bonds. The van der Waals surface area contributed by atoms with Gasteiger partial charge in [-0.15, -0.1) is 0 Å². The monoisotopic (exact) mass is 544 g/mol. The molecule has 9 heteroatoms. The van der Waals surface area contributed by atoms with E-state index in [4.69, 9.17) is 4.98 Å². The van der Waals surface area contributed by atoms with Gasteiger partial charge in [-0.2, -0.15) is 10.4 Å². The van der Waals surface area contributed by atoms with Gasteiger partial charge in [0.15, 0.2) is 0 Å². The zero-order valence-corrected chi connectivity index (χ0v) is 23.4. The molecule has 0 bridgehead atoms. The Bertz CT molecular complexity index is 1860. The molecule has 5 heterocycles. The maximum Gasteiger partial charge on any atom is 0.283 e. The lowest BCUT2D eigenvalue weighted by Gasteiger charge is -2.25. The Kier molecular flexibility index (Phi) is 6.28. The zero-order valence-electron chi connectivity index (χ0n) is 23.4. The van der Waals surface area contributed by atoms with Gasteiger partial charge in [-0.05, 0) is 92.7 Å². The van der Waals surface area contributed by atoms with Crippen molar-refractivity contribution in [2.75, 3.05) is 13.1 Å². The molecule has 7 rings (SSSR count). The molecule has 1 aromatic carbocycles. The highest BCUT2D eigenvalue weighted by Crippen LogP contribution is 2.42. The average Bonchev–Trinajstić information content (AvgIpc) is 3.68. The SMILES string of the molecule is Cc1cnn(C)c1-c1cc(C#N)ccc1-c1cc(C2CC2)nc(-n2cnc3cc(CN4CCCCC4)[nH]c3c2=O)c1. The molecule has 1 aliphatic carbocycles. The first kappa shape index (κ1) is 25.4. The molecular formula is C32H32N8O. The average molecular weight is 545 g/mol. The molecule has 0 unspecified atom stereocenters. The van der Waals surface area contributed by atoms with E-state index in [1.54, 1.807) is 10.9 Å². The van der Waals surface area contributed by atoms with Crippen molar-refractivity contribution in [1.29, 1.82) is 5.26 Å². The van der Waals surface area contributed by atoms with Crippen molar-refractivity contribution < 1.29 is 0 Å². The molecule has 1 saturated heterocycles. The Hall–Kier alpha value is -4.55. The van der Waals surface area contributed by atoms with E-state index in [1.807, 2.05) is 55.2 Å². The van der Waals surface area contributed by atoms with Gasteiger partial charge in [0.25, 0.3) is 5.56 Å². The highest BCUT2D eigenvalue weighted by atomic mass is 16.1. The number of aromatic amines is 1. The van der Waals surface area contributed by atoms with Crippen LogP contribution in [0, 0.1) is 18.3 Å². The molecule has 4 aromatic heterocycles. The topological polar surface area (TPSA) is 108 Å². The number of fused-ring (bicyclic) bond motifs is 1. The number of H-pyrrole nitrogens is 1. The van der Waals surface area contributed by atoms with Crippen LogP contribution >= 0.6 is 0 Å². The molecule has 0 atom stereocenters. The molecule has 41 heavy (non-hydrogen) atoms. The fourth-order valence-corrected chi connectivity index (χ4v) is 6.06. The van der Waals surface area contributed by atoms with Crippen LogP contribution in [-0.2, 0) is 13.6 Å². The number of nitrogens with one attached hydrogen (secondary N) is 1. The third-order valence-corrected chi connectivity index (χ3v) is 8.35. The second-order valence-corrected chi connectivity index (χ2v) is 11.4. The van der Waals surface area contributed by atoms with Crippen LogP contribution in [0.15, 0.2) is 53.7 Å². The first-order valence-corrected chi connectivity index (χ1v) is 14.4. The maximum absolute atomic E-state index is 13.8. The summed E-state index contributed by atoms with van der Waals surface area (Å²) in [6, 6.07) is 14.1. The van der Waals surface area contributed by atoms with Crippen molar-refractivity contribution in [3.8, 4) is 34.3 Å². The predicted molar refractivity (Wildman–Crippen MR) is 158 cm³/mol. The van der Waals surface area contributed by atoms with Crippen molar-refractivity contribution in [1.82, 2.24) is 34.2 Å². The standard InChI is InChI=1S/C32H32N8O/c1-20-17-35-38(2)31(20)26-12-21(16-33)6-9-25(26)23-13-27(22-7-8-22)37-29(14-23)40-19-34-28-15-24(36-30(28)32(40)41)18-39-10-4-3-5-11-39/h6,9,12-15,17,19,22,36H,3-5,7-8,10-11,18H2,1-2H3. The minimum Gasteiger partial charge on any atom is -0.351 e. The van der Waals surface area contributed by atoms with Gasteiger partial charge in [0.1, 0.15) is 17.7 Å². The Labute approximate surface area is 238 Å². The van der Waals surface area contributed by atoms with Gasteiger partial charge in [-0.3, -0.25) is 14.4 Å². The van der Waals surface area contributed by atoms with E-state index in [2.05, 4.69) is 32.1 Å². The maximum atomic E-state index is 13.8. The van der Waals surface area contributed by atoms with Crippen LogP contribution < -0.4 is 5.56 Å². The molecule has 1 aliphatic heterocycles. The Morgan fingerprint density at radius 1 is 1.07 bits per heavy atom. The van der Waals surface area contributed by atoms with Gasteiger partial charge in [-0.1, -0.05) is 12.5 Å². The molecule has 2 aliphatic rings. The van der Waals surface area contributed by atoms with Crippen LogP contribution in [0.3, 0.4) is 0 Å². The van der Waals surface area contributed by atoms with Gasteiger partial charge in [0, 0.05) is 36.5 Å². The summed E-state index contributed by atoms with van der Waals surface area (Å²) in [4.78, 5) is 29.2. The number of likely N-dealkylation sites (tertiary alicyclic amines) is 1. The molecule has 9 nitrogen and oxygen atoms in total. The second kappa shape index (κ2) is 10.1. The smallest absolute Gasteiger partial charge is 0.283 e. The van der Waals surface area contributed by atoms with E-state index in [-0.39, 0.29) is 5.56 Å². The van der Waals surface area contributed by atoms with Crippen LogP contribution in [0.5, 0.6) is 0 Å². The first-order valence-electron chi connectivity index (χ1n) is 14.4. The minimum atomic E-state index is -0.158. The van der Waals surface area contributed by atoms with Crippen molar-refractivity contribution in [2.24, 2.45) is 7.05 Å². The summed E-state index contributed by atoms with van der Waals surface area (Å²) in [5.74, 6) is 0.927. The number of aryl methyl sites for hydroxylation is 2. The number of nitrogens with zero attached hydrogens (tertiary/aromatic N) is 7. The van der Waals surface area contributed by atoms with Gasteiger partial charge >= 0.3 is 0 Å². The van der Waals surface area contributed by atoms with Gasteiger partial charge in [0.2, 0.25) is 0 Å². The summed E-state index contributed by atoms with van der Waals surface area (Å²) in [5.41, 5.74) is 8.41. The minimum absolute atomic E-state index is 0.158. The Balaban J connectivity index is 1.34. The molecule has 2 fully saturated rings. The second-order valence-electron chi connectivity index (χ2n) is 11.4. The van der Waals surface area contributed by atoms with E-state index < -0.39 is 0 Å². The molecular weight excluding hydrogens is 512 g/mol. The fourth-order valence-electron chi connectivity index (χ4n) is 6.06. The zero-order chi connectivity index (χ0) is 28.1. The highest BCUT2D eigenvalue weighted by Gasteiger charge is 2.27. The lowest BCUT2D eigenvalue weighted by atomic mass is 9.94. The molecule has 206 valence electrons. The number of rotatable bonds is 6. The summed E-state index contributed by atoms with van der Waals surface area (Å²) in [6.45, 7) is 4.99. The number of pyridine rings is 1. The van der Waals surface area contributed by atoms with E-state index in [0.29, 0.717) is 28.3 Å². The summed E-state index contributed by atoms with van der Waals surface area (Å²) in [6.07, 6.45) is 9.32. The third kappa shape index (κ3) is 4.74. The molecule has 0 spiro atoms. The number of nitriles is 1. The predicted octanol–water partition coefficient (Wildman–Crippen LogP) is 5.22. The molecule has 1 N–H and O–H groups in total. The molecule has 0 radical (unpaired) electrons. The molecule has 5 aromatic rings. The van der Waals surface area contributed by atoms with Crippen LogP contribution in [-0.4, -0.2) is 47.3 Å². The number of piperidine rings is 1. The highest BCUT2D eigenvalue weighted by molar-refractivity contribution is 5.85. The number of aromatic nitrogens is 6. The number of hydrogen-bond acceptors (Lipinski definition) is 6. The van der Waals surface area contributed by atoms with Gasteiger partial charge in [-0.25, -0.2) is 14.5 Å². The fraction of sp³-hybridized carbons (Fsp3) is 0.344. The van der Waals surface area contributed by atoms with Crippen LogP contribution in [0.1, 0.15) is 60.5 Å². The van der Waals surface area contributed by atoms with E-state index in [9.17, 15) is 10.1 Å². The lowest BCUT2D eigenvalue weighted by Crippen LogP contribution is -2.29. The molecule has 1 saturated carbocycles. The lowest BCUT2D eigenvalue weighted by molar-refractivity contribution is 0.219. The van der Waals surface area contributed by atoms with Gasteiger partial charge in [0.05, 0.1) is 29.0 Å². The van der Waals surface area contributed by atoms with E-state index in [1.165, 1.54) is 19.3 Å². The van der Waals surface area contributed by atoms with Crippen LogP contribution in [0.4, 0.5) is 0 Å². The van der Waals surface area contributed by atoms with Crippen LogP contribution in [0.25, 0.3) is 39.2 Å². The van der Waals surface area contributed by atoms with E-state index >= 15 is 0 Å². The van der Waals surface area contributed by atoms with Crippen molar-refractivity contribution in [3.63, 3.8) is 0 Å². The summed E-state index contributed by atoms with van der Waals surface area (Å²) in [5, 5.41) is 14.1. The van der Waals surface area contributed by atoms with Gasteiger partial charge < -0.3 is 4.98 Å². The Morgan fingerprint density at radius 2 is 1.90 bits per heavy atom. The quantitative estimate of drug-likeness (QED) is 0.314. The van der Waals surface area contributed by atoms with Crippen molar-refractivity contribution >= 4 is 11.0 Å². The van der Waals surface area contributed by atoms with Crippen LogP contribution in [0.2, 0.25) is 0 Å². The first-order chi connectivity index (χ1) is 20.0. The number of hydrogen-bond donors (Lipinski definition) is 1. The number of benzene rings is 1.